The molecule has 0 amide bonds. The van der Waals surface area contributed by atoms with E-state index in [4.69, 9.17) is 19.3 Å². The largest absolute Gasteiger partial charge is 0.423 e. The minimum Gasteiger partial charge on any atom is -0.423 e. The van der Waals surface area contributed by atoms with E-state index >= 15 is 0 Å². The first-order chi connectivity index (χ1) is 13.9. The molecule has 0 aliphatic rings. The zero-order valence-electron chi connectivity index (χ0n) is 15.4. The lowest BCUT2D eigenvalue weighted by molar-refractivity contribution is -0.131. The maximum absolute atomic E-state index is 11.9. The number of benzene rings is 2. The lowest BCUT2D eigenvalue weighted by Gasteiger charge is -2.06. The standard InChI is InChI=1S/C22H18O7/c1-3-20(24)27-17-7-4-16(5-8-17)6-13-21(25)28-18-9-11-19(12-10-18)29-22(26)15(2)14-23/h3-13,23H,1-2,14H2/b13-6+. The Kier molecular flexibility index (Phi) is 7.64. The summed E-state index contributed by atoms with van der Waals surface area (Å²) >= 11 is 0. The van der Waals surface area contributed by atoms with Gasteiger partial charge in [-0.05, 0) is 48.0 Å². The van der Waals surface area contributed by atoms with Crippen LogP contribution in [-0.4, -0.2) is 29.6 Å². The summed E-state index contributed by atoms with van der Waals surface area (Å²) in [6, 6.07) is 12.3. The van der Waals surface area contributed by atoms with Crippen LogP contribution in [0.5, 0.6) is 17.2 Å². The molecule has 0 aromatic heterocycles. The van der Waals surface area contributed by atoms with Gasteiger partial charge in [0, 0.05) is 12.2 Å². The van der Waals surface area contributed by atoms with E-state index in [1.807, 2.05) is 0 Å². The van der Waals surface area contributed by atoms with Crippen LogP contribution >= 0.6 is 0 Å². The second-order valence-corrected chi connectivity index (χ2v) is 5.57. The van der Waals surface area contributed by atoms with Crippen LogP contribution in [0.2, 0.25) is 0 Å². The number of ether oxygens (including phenoxy) is 3. The van der Waals surface area contributed by atoms with Crippen molar-refractivity contribution in [3.8, 4) is 17.2 Å². The Morgan fingerprint density at radius 2 is 1.31 bits per heavy atom. The molecule has 148 valence electrons. The molecule has 0 saturated carbocycles. The first-order valence-electron chi connectivity index (χ1n) is 8.36. The fourth-order valence-electron chi connectivity index (χ4n) is 1.94. The summed E-state index contributed by atoms with van der Waals surface area (Å²) in [5, 5.41) is 8.83. The summed E-state index contributed by atoms with van der Waals surface area (Å²) < 4.78 is 15.1. The van der Waals surface area contributed by atoms with Crippen molar-refractivity contribution < 1.29 is 33.7 Å². The molecule has 7 heteroatoms. The monoisotopic (exact) mass is 394 g/mol. The van der Waals surface area contributed by atoms with Gasteiger partial charge in [0.15, 0.2) is 0 Å². The minimum atomic E-state index is -0.745. The number of hydrogen-bond acceptors (Lipinski definition) is 7. The molecule has 1 N–H and O–H groups in total. The Bertz CT molecular complexity index is 938. The average molecular weight is 394 g/mol. The van der Waals surface area contributed by atoms with Gasteiger partial charge < -0.3 is 19.3 Å². The zero-order chi connectivity index (χ0) is 21.2. The van der Waals surface area contributed by atoms with Gasteiger partial charge in [-0.2, -0.15) is 0 Å². The third-order valence-corrected chi connectivity index (χ3v) is 3.41. The van der Waals surface area contributed by atoms with Gasteiger partial charge in [-0.1, -0.05) is 25.3 Å². The highest BCUT2D eigenvalue weighted by atomic mass is 16.5. The summed E-state index contributed by atoms with van der Waals surface area (Å²) in [4.78, 5) is 34.5. The van der Waals surface area contributed by atoms with Gasteiger partial charge in [-0.25, -0.2) is 14.4 Å². The number of hydrogen-bond donors (Lipinski definition) is 1. The van der Waals surface area contributed by atoms with Gasteiger partial charge in [0.1, 0.15) is 17.2 Å². The average Bonchev–Trinajstić information content (AvgIpc) is 2.73. The van der Waals surface area contributed by atoms with Crippen LogP contribution in [0.15, 0.2) is 79.4 Å². The van der Waals surface area contributed by atoms with Crippen molar-refractivity contribution in [2.75, 3.05) is 6.61 Å². The summed E-state index contributed by atoms with van der Waals surface area (Å²) in [7, 11) is 0. The molecule has 0 atom stereocenters. The van der Waals surface area contributed by atoms with Crippen LogP contribution in [0.3, 0.4) is 0 Å². The zero-order valence-corrected chi connectivity index (χ0v) is 15.4. The van der Waals surface area contributed by atoms with Crippen LogP contribution in [0.1, 0.15) is 5.56 Å². The van der Waals surface area contributed by atoms with E-state index in [-0.39, 0.29) is 17.1 Å². The lowest BCUT2D eigenvalue weighted by atomic mass is 10.2. The molecule has 0 unspecified atom stereocenters. The maximum atomic E-state index is 11.9. The van der Waals surface area contributed by atoms with Gasteiger partial charge in [0.2, 0.25) is 0 Å². The van der Waals surface area contributed by atoms with Gasteiger partial charge in [0.05, 0.1) is 12.2 Å². The second-order valence-electron chi connectivity index (χ2n) is 5.57. The maximum Gasteiger partial charge on any atom is 0.341 e. The van der Waals surface area contributed by atoms with Crippen molar-refractivity contribution in [2.45, 2.75) is 0 Å². The van der Waals surface area contributed by atoms with Crippen molar-refractivity contribution in [3.63, 3.8) is 0 Å². The summed E-state index contributed by atoms with van der Waals surface area (Å²) in [5.74, 6) is -1.07. The van der Waals surface area contributed by atoms with E-state index in [9.17, 15) is 14.4 Å². The molecular weight excluding hydrogens is 376 g/mol. The third kappa shape index (κ3) is 6.93. The third-order valence-electron chi connectivity index (χ3n) is 3.41. The lowest BCUT2D eigenvalue weighted by Crippen LogP contribution is -2.12. The SMILES string of the molecule is C=CC(=O)Oc1ccc(/C=C/C(=O)Oc2ccc(OC(=O)C(=C)CO)cc2)cc1. The predicted molar refractivity (Wildman–Crippen MR) is 105 cm³/mol. The topological polar surface area (TPSA) is 99.1 Å². The highest BCUT2D eigenvalue weighted by Crippen LogP contribution is 2.19. The number of aliphatic hydroxyl groups excluding tert-OH is 1. The van der Waals surface area contributed by atoms with Crippen LogP contribution in [0.4, 0.5) is 0 Å². The molecule has 0 bridgehead atoms. The van der Waals surface area contributed by atoms with Crippen molar-refractivity contribution in [2.24, 2.45) is 0 Å². The summed E-state index contributed by atoms with van der Waals surface area (Å²) in [6.45, 7) is 6.18. The van der Waals surface area contributed by atoms with E-state index in [1.165, 1.54) is 36.4 Å². The van der Waals surface area contributed by atoms with Crippen LogP contribution in [0.25, 0.3) is 6.08 Å². The molecule has 2 rings (SSSR count). The second kappa shape index (κ2) is 10.4. The number of rotatable bonds is 8. The van der Waals surface area contributed by atoms with Gasteiger partial charge >= 0.3 is 17.9 Å². The van der Waals surface area contributed by atoms with E-state index in [1.54, 1.807) is 24.3 Å². The predicted octanol–water partition coefficient (Wildman–Crippen LogP) is 2.85. The molecule has 0 saturated heterocycles. The van der Waals surface area contributed by atoms with E-state index in [0.29, 0.717) is 11.3 Å². The first-order valence-corrected chi connectivity index (χ1v) is 8.36. The van der Waals surface area contributed by atoms with E-state index in [2.05, 4.69) is 13.2 Å². The fraction of sp³-hybridized carbons (Fsp3) is 0.0455. The number of carbonyl (C=O) groups is 3. The van der Waals surface area contributed by atoms with Crippen LogP contribution in [0, 0.1) is 0 Å². The number of esters is 3. The molecule has 2 aromatic carbocycles. The normalized spacial score (nSPS) is 10.2. The number of aliphatic hydroxyl groups is 1. The van der Waals surface area contributed by atoms with Crippen LogP contribution in [-0.2, 0) is 14.4 Å². The van der Waals surface area contributed by atoms with Crippen molar-refractivity contribution >= 4 is 24.0 Å². The van der Waals surface area contributed by atoms with E-state index in [0.717, 1.165) is 6.08 Å². The molecule has 0 aliphatic carbocycles. The Balaban J connectivity index is 1.90. The van der Waals surface area contributed by atoms with Gasteiger partial charge in [-0.15, -0.1) is 0 Å². The molecule has 29 heavy (non-hydrogen) atoms. The molecular formula is C22H18O7. The fourth-order valence-corrected chi connectivity index (χ4v) is 1.94. The Morgan fingerprint density at radius 1 is 0.828 bits per heavy atom. The quantitative estimate of drug-likeness (QED) is 0.417. The highest BCUT2D eigenvalue weighted by molar-refractivity contribution is 5.90. The summed E-state index contributed by atoms with van der Waals surface area (Å²) in [5.41, 5.74) is 0.629. The van der Waals surface area contributed by atoms with Crippen molar-refractivity contribution in [3.05, 3.63) is 85.0 Å². The smallest absolute Gasteiger partial charge is 0.341 e. The number of carbonyl (C=O) groups excluding carboxylic acids is 3. The molecule has 0 spiro atoms. The minimum absolute atomic E-state index is 0.0717. The van der Waals surface area contributed by atoms with Crippen molar-refractivity contribution in [1.82, 2.24) is 0 Å². The molecule has 2 aromatic rings. The van der Waals surface area contributed by atoms with Gasteiger partial charge in [0.25, 0.3) is 0 Å². The molecule has 0 aliphatic heterocycles. The Labute approximate surface area is 167 Å². The first kappa shape index (κ1) is 21.3. The Hall–Kier alpha value is -3.97. The van der Waals surface area contributed by atoms with E-state index < -0.39 is 24.5 Å². The van der Waals surface area contributed by atoms with Crippen molar-refractivity contribution in [1.29, 1.82) is 0 Å². The molecule has 0 radical (unpaired) electrons. The molecule has 0 heterocycles. The summed E-state index contributed by atoms with van der Waals surface area (Å²) in [6.07, 6.45) is 3.84. The molecule has 7 nitrogen and oxygen atoms in total. The van der Waals surface area contributed by atoms with Crippen LogP contribution < -0.4 is 14.2 Å². The Morgan fingerprint density at radius 3 is 1.83 bits per heavy atom. The van der Waals surface area contributed by atoms with Gasteiger partial charge in [-0.3, -0.25) is 0 Å². The molecule has 0 fully saturated rings. The highest BCUT2D eigenvalue weighted by Gasteiger charge is 2.09.